The van der Waals surface area contributed by atoms with E-state index in [9.17, 15) is 22.7 Å². The van der Waals surface area contributed by atoms with E-state index >= 15 is 0 Å². The molecule has 1 aliphatic rings. The van der Waals surface area contributed by atoms with Crippen molar-refractivity contribution in [1.82, 2.24) is 10.0 Å². The maximum atomic E-state index is 13.0. The molecule has 25 heavy (non-hydrogen) atoms. The van der Waals surface area contributed by atoms with Crippen LogP contribution in [0.2, 0.25) is 0 Å². The molecule has 0 aromatic heterocycles. The molecule has 3 atom stereocenters. The second-order valence-electron chi connectivity index (χ2n) is 5.90. The summed E-state index contributed by atoms with van der Waals surface area (Å²) in [5, 5.41) is 12.2. The minimum absolute atomic E-state index is 0.0602. The molecule has 3 N–H and O–H groups in total. The lowest BCUT2D eigenvalue weighted by molar-refractivity contribution is -0.130. The van der Waals surface area contributed by atoms with E-state index < -0.39 is 28.0 Å². The lowest BCUT2D eigenvalue weighted by Crippen LogP contribution is -2.51. The lowest BCUT2D eigenvalue weighted by Gasteiger charge is -2.35. The highest BCUT2D eigenvalue weighted by molar-refractivity contribution is 7.89. The minimum atomic E-state index is -3.86. The number of rotatable bonds is 7. The fourth-order valence-corrected chi connectivity index (χ4v) is 4.07. The van der Waals surface area contributed by atoms with Crippen LogP contribution in [0.3, 0.4) is 0 Å². The molecule has 0 radical (unpaired) electrons. The molecule has 1 aliphatic heterocycles. The van der Waals surface area contributed by atoms with Gasteiger partial charge in [0.2, 0.25) is 15.9 Å². The second-order valence-corrected chi connectivity index (χ2v) is 7.61. The third-order valence-corrected chi connectivity index (χ3v) is 5.52. The van der Waals surface area contributed by atoms with Crippen LogP contribution >= 0.6 is 0 Å². The molecule has 9 heteroatoms. The van der Waals surface area contributed by atoms with E-state index in [4.69, 9.17) is 4.74 Å². The van der Waals surface area contributed by atoms with E-state index in [1.807, 2.05) is 6.92 Å². The van der Waals surface area contributed by atoms with Gasteiger partial charge in [0.1, 0.15) is 5.82 Å². The predicted molar refractivity (Wildman–Crippen MR) is 88.8 cm³/mol. The van der Waals surface area contributed by atoms with E-state index in [2.05, 4.69) is 10.0 Å². The number of carbonyl (C=O) groups is 1. The SMILES string of the molecule is CCNC(=O)C[C@@H]1CC[C@H](NS(=O)(=O)c2ccc(F)cc2)[C@H](CO)O1. The molecule has 0 bridgehead atoms. The zero-order valence-corrected chi connectivity index (χ0v) is 14.8. The normalized spacial score (nSPS) is 24.0. The molecular formula is C16H23FN2O5S. The first-order chi connectivity index (χ1) is 11.9. The van der Waals surface area contributed by atoms with Crippen LogP contribution in [0.25, 0.3) is 0 Å². The number of nitrogens with one attached hydrogen (secondary N) is 2. The number of hydrogen-bond acceptors (Lipinski definition) is 5. The highest BCUT2D eigenvalue weighted by atomic mass is 32.2. The van der Waals surface area contributed by atoms with Crippen LogP contribution in [0.1, 0.15) is 26.2 Å². The Morgan fingerprint density at radius 2 is 2.00 bits per heavy atom. The molecule has 0 aliphatic carbocycles. The summed E-state index contributed by atoms with van der Waals surface area (Å²) in [6.07, 6.45) is -0.0273. The summed E-state index contributed by atoms with van der Waals surface area (Å²) in [6.45, 7) is 1.97. The van der Waals surface area contributed by atoms with E-state index in [-0.39, 0.29) is 29.9 Å². The molecule has 1 amide bonds. The average Bonchev–Trinajstić information content (AvgIpc) is 2.56. The molecule has 1 heterocycles. The van der Waals surface area contributed by atoms with Crippen molar-refractivity contribution in [2.75, 3.05) is 13.2 Å². The van der Waals surface area contributed by atoms with Gasteiger partial charge in [-0.3, -0.25) is 4.79 Å². The van der Waals surface area contributed by atoms with Gasteiger partial charge in [0.15, 0.2) is 0 Å². The zero-order chi connectivity index (χ0) is 18.4. The van der Waals surface area contributed by atoms with Gasteiger partial charge < -0.3 is 15.2 Å². The number of halogens is 1. The summed E-state index contributed by atoms with van der Waals surface area (Å²) in [5.41, 5.74) is 0. The highest BCUT2D eigenvalue weighted by Crippen LogP contribution is 2.23. The van der Waals surface area contributed by atoms with E-state index in [0.29, 0.717) is 19.4 Å². The predicted octanol–water partition coefficient (Wildman–Crippen LogP) is 0.539. The maximum absolute atomic E-state index is 13.0. The van der Waals surface area contributed by atoms with Gasteiger partial charge in [0, 0.05) is 6.54 Å². The van der Waals surface area contributed by atoms with Gasteiger partial charge in [0.25, 0.3) is 0 Å². The first kappa shape index (κ1) is 19.8. The number of carbonyl (C=O) groups excluding carboxylic acids is 1. The smallest absolute Gasteiger partial charge is 0.240 e. The monoisotopic (exact) mass is 374 g/mol. The summed E-state index contributed by atoms with van der Waals surface area (Å²) in [5.74, 6) is -0.670. The molecule has 0 spiro atoms. The van der Waals surface area contributed by atoms with Crippen molar-refractivity contribution < 1.29 is 27.4 Å². The topological polar surface area (TPSA) is 105 Å². The second kappa shape index (κ2) is 8.70. The number of aliphatic hydroxyl groups excluding tert-OH is 1. The van der Waals surface area contributed by atoms with Crippen molar-refractivity contribution >= 4 is 15.9 Å². The molecule has 1 fully saturated rings. The van der Waals surface area contributed by atoms with Crippen molar-refractivity contribution in [1.29, 1.82) is 0 Å². The third-order valence-electron chi connectivity index (χ3n) is 4.01. The van der Waals surface area contributed by atoms with Gasteiger partial charge in [0.05, 0.1) is 36.2 Å². The highest BCUT2D eigenvalue weighted by Gasteiger charge is 2.34. The molecule has 0 unspecified atom stereocenters. The first-order valence-electron chi connectivity index (χ1n) is 8.16. The van der Waals surface area contributed by atoms with Gasteiger partial charge in [-0.2, -0.15) is 0 Å². The fourth-order valence-electron chi connectivity index (χ4n) is 2.77. The van der Waals surface area contributed by atoms with Gasteiger partial charge in [-0.15, -0.1) is 0 Å². The Morgan fingerprint density at radius 1 is 1.32 bits per heavy atom. The van der Waals surface area contributed by atoms with Gasteiger partial charge in [-0.05, 0) is 44.0 Å². The molecule has 7 nitrogen and oxygen atoms in total. The summed E-state index contributed by atoms with van der Waals surface area (Å²) >= 11 is 0. The Bertz CT molecular complexity index is 680. The third kappa shape index (κ3) is 5.46. The van der Waals surface area contributed by atoms with Gasteiger partial charge in [-0.25, -0.2) is 17.5 Å². The maximum Gasteiger partial charge on any atom is 0.240 e. The number of aliphatic hydroxyl groups is 1. The van der Waals surface area contributed by atoms with Crippen LogP contribution in [0, 0.1) is 5.82 Å². The van der Waals surface area contributed by atoms with Crippen molar-refractivity contribution in [3.8, 4) is 0 Å². The quantitative estimate of drug-likeness (QED) is 0.646. The van der Waals surface area contributed by atoms with Crippen molar-refractivity contribution in [3.05, 3.63) is 30.1 Å². The molecule has 2 rings (SSSR count). The standard InChI is InChI=1S/C16H23FN2O5S/c1-2-18-16(21)9-12-5-8-14(15(10-20)24-12)19-25(22,23)13-6-3-11(17)4-7-13/h3-4,6-7,12,14-15,19-20H,2,5,8-10H2,1H3,(H,18,21)/t12-,14-,15-/m0/s1. The lowest BCUT2D eigenvalue weighted by atomic mass is 9.98. The number of ether oxygens (including phenoxy) is 1. The Balaban J connectivity index is 2.00. The van der Waals surface area contributed by atoms with Gasteiger partial charge >= 0.3 is 0 Å². The van der Waals surface area contributed by atoms with Crippen LogP contribution in [0.5, 0.6) is 0 Å². The number of benzene rings is 1. The number of sulfonamides is 1. The molecule has 1 aromatic rings. The molecule has 140 valence electrons. The minimum Gasteiger partial charge on any atom is -0.394 e. The Kier molecular flexibility index (Phi) is 6.88. The largest absolute Gasteiger partial charge is 0.394 e. The summed E-state index contributed by atoms with van der Waals surface area (Å²) in [7, 11) is -3.86. The zero-order valence-electron chi connectivity index (χ0n) is 13.9. The van der Waals surface area contributed by atoms with E-state index in [0.717, 1.165) is 12.1 Å². The van der Waals surface area contributed by atoms with Crippen LogP contribution in [0.15, 0.2) is 29.2 Å². The Hall–Kier alpha value is -1.55. The summed E-state index contributed by atoms with van der Waals surface area (Å²) in [4.78, 5) is 11.6. The van der Waals surface area contributed by atoms with Crippen LogP contribution in [-0.4, -0.2) is 50.8 Å². The first-order valence-corrected chi connectivity index (χ1v) is 9.65. The molecule has 0 saturated carbocycles. The van der Waals surface area contributed by atoms with Gasteiger partial charge in [-0.1, -0.05) is 0 Å². The number of hydrogen-bond donors (Lipinski definition) is 3. The summed E-state index contributed by atoms with van der Waals surface area (Å²) < 4.78 is 45.9. The number of amides is 1. The fraction of sp³-hybridized carbons (Fsp3) is 0.562. The average molecular weight is 374 g/mol. The van der Waals surface area contributed by atoms with Crippen LogP contribution in [-0.2, 0) is 19.6 Å². The molecule has 1 saturated heterocycles. The van der Waals surface area contributed by atoms with E-state index in [1.165, 1.54) is 12.1 Å². The van der Waals surface area contributed by atoms with Crippen molar-refractivity contribution in [2.45, 2.75) is 49.3 Å². The summed E-state index contributed by atoms with van der Waals surface area (Å²) in [6, 6.07) is 3.86. The Labute approximate surface area is 146 Å². The van der Waals surface area contributed by atoms with Crippen LogP contribution in [0.4, 0.5) is 4.39 Å². The molecular weight excluding hydrogens is 351 g/mol. The Morgan fingerprint density at radius 3 is 2.60 bits per heavy atom. The van der Waals surface area contributed by atoms with Crippen molar-refractivity contribution in [3.63, 3.8) is 0 Å². The van der Waals surface area contributed by atoms with Crippen molar-refractivity contribution in [2.24, 2.45) is 0 Å². The van der Waals surface area contributed by atoms with Crippen LogP contribution < -0.4 is 10.0 Å². The molecule has 1 aromatic carbocycles. The van der Waals surface area contributed by atoms with E-state index in [1.54, 1.807) is 0 Å².